The van der Waals surface area contributed by atoms with Crippen LogP contribution >= 0.6 is 0 Å². The second-order valence-electron chi connectivity index (χ2n) is 2.18. The zero-order valence-corrected chi connectivity index (χ0v) is 9.48. The average molecular weight is 191 g/mol. The number of nitro benzene ring substituents is 1. The number of nitrogen functional groups attached to an aromatic ring is 1. The number of hydrogen-bond donors (Lipinski definition) is 1. The molecule has 1 aromatic rings. The molecular formula is C7H8N2NaO3. The van der Waals surface area contributed by atoms with Gasteiger partial charge in [0.1, 0.15) is 5.75 Å². The minimum atomic E-state index is -0.498. The van der Waals surface area contributed by atoms with E-state index in [1.165, 1.54) is 25.3 Å². The minimum Gasteiger partial charge on any atom is -0.494 e. The Hall–Kier alpha value is -0.780. The van der Waals surface area contributed by atoms with Gasteiger partial charge in [-0.2, -0.15) is 0 Å². The summed E-state index contributed by atoms with van der Waals surface area (Å²) in [6, 6.07) is 4.06. The van der Waals surface area contributed by atoms with Gasteiger partial charge in [-0.1, -0.05) is 0 Å². The van der Waals surface area contributed by atoms with Crippen molar-refractivity contribution in [1.29, 1.82) is 0 Å². The molecule has 1 radical (unpaired) electrons. The van der Waals surface area contributed by atoms with Crippen molar-refractivity contribution in [2.75, 3.05) is 12.8 Å². The van der Waals surface area contributed by atoms with Crippen molar-refractivity contribution in [1.82, 2.24) is 0 Å². The Bertz CT molecular complexity index is 317. The molecule has 1 rings (SSSR count). The maximum Gasteiger partial charge on any atom is 0.273 e. The van der Waals surface area contributed by atoms with Crippen LogP contribution in [0.15, 0.2) is 18.2 Å². The van der Waals surface area contributed by atoms with E-state index in [2.05, 4.69) is 0 Å². The molecule has 1 aromatic carbocycles. The number of nitrogens with zero attached hydrogens (tertiary/aromatic N) is 1. The molecule has 2 N–H and O–H groups in total. The van der Waals surface area contributed by atoms with E-state index in [0.29, 0.717) is 11.4 Å². The van der Waals surface area contributed by atoms with Gasteiger partial charge in [0.25, 0.3) is 5.69 Å². The summed E-state index contributed by atoms with van der Waals surface area (Å²) in [5, 5.41) is 10.3. The first-order valence-corrected chi connectivity index (χ1v) is 3.23. The summed E-state index contributed by atoms with van der Waals surface area (Å²) in [6.07, 6.45) is 0. The van der Waals surface area contributed by atoms with Gasteiger partial charge >= 0.3 is 0 Å². The molecule has 65 valence electrons. The molecular weight excluding hydrogens is 183 g/mol. The largest absolute Gasteiger partial charge is 0.494 e. The van der Waals surface area contributed by atoms with Gasteiger partial charge in [-0.3, -0.25) is 10.1 Å². The summed E-state index contributed by atoms with van der Waals surface area (Å²) in [6.45, 7) is 0. The van der Waals surface area contributed by atoms with Crippen LogP contribution in [-0.4, -0.2) is 41.6 Å². The minimum absolute atomic E-state index is 0. The standard InChI is InChI=1S/C7H8N2O3.Na/c1-12-7-4-5(9(10)11)2-3-6(7)8;/h2-4H,8H2,1H3;. The first kappa shape index (κ1) is 12.2. The molecule has 0 amide bonds. The summed E-state index contributed by atoms with van der Waals surface area (Å²) < 4.78 is 4.81. The fourth-order valence-electron chi connectivity index (χ4n) is 0.813. The van der Waals surface area contributed by atoms with Crippen LogP contribution in [-0.2, 0) is 0 Å². The van der Waals surface area contributed by atoms with Crippen molar-refractivity contribution in [3.63, 3.8) is 0 Å². The molecule has 0 aliphatic rings. The van der Waals surface area contributed by atoms with Crippen molar-refractivity contribution in [2.24, 2.45) is 0 Å². The Morgan fingerprint density at radius 2 is 2.15 bits per heavy atom. The Labute approximate surface area is 97.3 Å². The molecule has 0 spiro atoms. The second kappa shape index (κ2) is 5.06. The zero-order valence-electron chi connectivity index (χ0n) is 7.48. The summed E-state index contributed by atoms with van der Waals surface area (Å²) in [5.74, 6) is 0.323. The monoisotopic (exact) mass is 191 g/mol. The smallest absolute Gasteiger partial charge is 0.273 e. The number of rotatable bonds is 2. The Morgan fingerprint density at radius 1 is 1.54 bits per heavy atom. The van der Waals surface area contributed by atoms with Gasteiger partial charge in [0.05, 0.1) is 23.8 Å². The molecule has 5 nitrogen and oxygen atoms in total. The molecule has 13 heavy (non-hydrogen) atoms. The molecule has 0 bridgehead atoms. The molecule has 0 saturated carbocycles. The van der Waals surface area contributed by atoms with E-state index in [1.807, 2.05) is 0 Å². The third kappa shape index (κ3) is 2.87. The van der Waals surface area contributed by atoms with Gasteiger partial charge in [-0.15, -0.1) is 0 Å². The Balaban J connectivity index is 0.00000144. The van der Waals surface area contributed by atoms with E-state index in [-0.39, 0.29) is 35.2 Å². The van der Waals surface area contributed by atoms with Crippen molar-refractivity contribution in [3.05, 3.63) is 28.3 Å². The first-order valence-electron chi connectivity index (χ1n) is 3.23. The first-order chi connectivity index (χ1) is 5.65. The number of anilines is 1. The Kier molecular flexibility index (Phi) is 4.76. The van der Waals surface area contributed by atoms with E-state index in [4.69, 9.17) is 10.5 Å². The van der Waals surface area contributed by atoms with Crippen molar-refractivity contribution < 1.29 is 9.66 Å². The number of nitrogens with two attached hydrogens (primary N) is 1. The molecule has 0 aliphatic heterocycles. The number of hydrogen-bond acceptors (Lipinski definition) is 4. The molecule has 0 unspecified atom stereocenters. The Morgan fingerprint density at radius 3 is 2.62 bits per heavy atom. The van der Waals surface area contributed by atoms with E-state index in [0.717, 1.165) is 0 Å². The molecule has 6 heteroatoms. The summed E-state index contributed by atoms with van der Waals surface area (Å²) in [4.78, 5) is 9.79. The van der Waals surface area contributed by atoms with E-state index in [9.17, 15) is 10.1 Å². The third-order valence-corrected chi connectivity index (χ3v) is 1.43. The topological polar surface area (TPSA) is 78.4 Å². The molecule has 0 atom stereocenters. The van der Waals surface area contributed by atoms with E-state index < -0.39 is 4.92 Å². The normalized spacial score (nSPS) is 8.69. The summed E-state index contributed by atoms with van der Waals surface area (Å²) in [5.41, 5.74) is 5.82. The third-order valence-electron chi connectivity index (χ3n) is 1.43. The number of non-ortho nitro benzene ring substituents is 1. The van der Waals surface area contributed by atoms with Gasteiger partial charge in [-0.05, 0) is 6.07 Å². The fraction of sp³-hybridized carbons (Fsp3) is 0.143. The molecule has 0 heterocycles. The van der Waals surface area contributed by atoms with Gasteiger partial charge in [0.15, 0.2) is 0 Å². The van der Waals surface area contributed by atoms with Crippen molar-refractivity contribution >= 4 is 40.9 Å². The van der Waals surface area contributed by atoms with Crippen molar-refractivity contribution in [2.45, 2.75) is 0 Å². The van der Waals surface area contributed by atoms with Gasteiger partial charge < -0.3 is 10.5 Å². The number of benzene rings is 1. The van der Waals surface area contributed by atoms with Crippen LogP contribution in [0.3, 0.4) is 0 Å². The van der Waals surface area contributed by atoms with Crippen LogP contribution in [0, 0.1) is 10.1 Å². The number of methoxy groups -OCH3 is 1. The predicted octanol–water partition coefficient (Wildman–Crippen LogP) is 0.805. The van der Waals surface area contributed by atoms with Crippen LogP contribution in [0.1, 0.15) is 0 Å². The zero-order chi connectivity index (χ0) is 9.14. The van der Waals surface area contributed by atoms with Crippen LogP contribution in [0.25, 0.3) is 0 Å². The average Bonchev–Trinajstić information content (AvgIpc) is 2.05. The maximum atomic E-state index is 10.3. The van der Waals surface area contributed by atoms with Crippen LogP contribution in [0.2, 0.25) is 0 Å². The van der Waals surface area contributed by atoms with Gasteiger partial charge in [-0.25, -0.2) is 0 Å². The van der Waals surface area contributed by atoms with Gasteiger partial charge in [0.2, 0.25) is 0 Å². The SMILES string of the molecule is COc1cc([N+](=O)[O-])ccc1N.[Na]. The van der Waals surface area contributed by atoms with Crippen LogP contribution < -0.4 is 10.5 Å². The predicted molar refractivity (Wildman–Crippen MR) is 49.8 cm³/mol. The summed E-state index contributed by atoms with van der Waals surface area (Å²) >= 11 is 0. The van der Waals surface area contributed by atoms with E-state index in [1.54, 1.807) is 0 Å². The molecule has 0 fully saturated rings. The van der Waals surface area contributed by atoms with Crippen LogP contribution in [0.4, 0.5) is 11.4 Å². The fourth-order valence-corrected chi connectivity index (χ4v) is 0.813. The maximum absolute atomic E-state index is 10.3. The van der Waals surface area contributed by atoms with Crippen molar-refractivity contribution in [3.8, 4) is 5.75 Å². The number of nitro groups is 1. The molecule has 0 aromatic heterocycles. The van der Waals surface area contributed by atoms with Crippen LogP contribution in [0.5, 0.6) is 5.75 Å². The second-order valence-corrected chi connectivity index (χ2v) is 2.18. The molecule has 0 aliphatic carbocycles. The molecule has 0 saturated heterocycles. The summed E-state index contributed by atoms with van der Waals surface area (Å²) in [7, 11) is 1.41. The number of ether oxygens (including phenoxy) is 1. The van der Waals surface area contributed by atoms with Gasteiger partial charge in [0, 0.05) is 35.6 Å². The van der Waals surface area contributed by atoms with E-state index >= 15 is 0 Å². The quantitative estimate of drug-likeness (QED) is 0.324.